The van der Waals surface area contributed by atoms with Crippen LogP contribution in [0, 0.1) is 6.92 Å². The second-order valence-corrected chi connectivity index (χ2v) is 6.41. The summed E-state index contributed by atoms with van der Waals surface area (Å²) in [6.45, 7) is 2.58. The normalized spacial score (nSPS) is 10.6. The van der Waals surface area contributed by atoms with Gasteiger partial charge in [-0.15, -0.1) is 12.4 Å². The van der Waals surface area contributed by atoms with Crippen LogP contribution in [0.3, 0.4) is 0 Å². The van der Waals surface area contributed by atoms with E-state index in [1.165, 1.54) is 0 Å². The fraction of sp³-hybridized carbons (Fsp3) is 0.462. The van der Waals surface area contributed by atoms with Gasteiger partial charge in [-0.25, -0.2) is 8.42 Å². The van der Waals surface area contributed by atoms with Gasteiger partial charge in [-0.1, -0.05) is 6.07 Å². The topological polar surface area (TPSA) is 87.3 Å². The predicted octanol–water partition coefficient (Wildman–Crippen LogP) is 1.73. The first-order valence-corrected chi connectivity index (χ1v) is 8.24. The lowest BCUT2D eigenvalue weighted by molar-refractivity contribution is -0.116. The summed E-state index contributed by atoms with van der Waals surface area (Å²) < 4.78 is 24.9. The predicted molar refractivity (Wildman–Crippen MR) is 88.7 cm³/mol. The number of benzene rings is 1. The first kappa shape index (κ1) is 19.7. The fourth-order valence-corrected chi connectivity index (χ4v) is 2.28. The lowest BCUT2D eigenvalue weighted by atomic mass is 10.2. The summed E-state index contributed by atoms with van der Waals surface area (Å²) in [5.74, 6) is -0.0885. The Labute approximate surface area is 132 Å². The van der Waals surface area contributed by atoms with Crippen LogP contribution >= 0.6 is 12.4 Å². The van der Waals surface area contributed by atoms with Gasteiger partial charge in [-0.2, -0.15) is 0 Å². The van der Waals surface area contributed by atoms with Crippen LogP contribution in [0.2, 0.25) is 0 Å². The van der Waals surface area contributed by atoms with Crippen molar-refractivity contribution >= 4 is 39.7 Å². The third-order valence-electron chi connectivity index (χ3n) is 2.65. The molecule has 1 aromatic rings. The Morgan fingerprint density at radius 3 is 2.52 bits per heavy atom. The van der Waals surface area contributed by atoms with E-state index in [4.69, 9.17) is 0 Å². The van der Waals surface area contributed by atoms with E-state index in [-0.39, 0.29) is 18.3 Å². The summed E-state index contributed by atoms with van der Waals surface area (Å²) in [6.07, 6.45) is 2.27. The Kier molecular flexibility index (Phi) is 8.31. The molecule has 0 radical (unpaired) electrons. The second kappa shape index (κ2) is 8.86. The molecule has 3 N–H and O–H groups in total. The Hall–Kier alpha value is -1.31. The van der Waals surface area contributed by atoms with E-state index < -0.39 is 10.0 Å². The van der Waals surface area contributed by atoms with Crippen LogP contribution in [0.1, 0.15) is 18.4 Å². The summed E-state index contributed by atoms with van der Waals surface area (Å²) in [7, 11) is -1.50. The standard InChI is InChI=1S/C13H21N3O3S.ClH/c1-10-6-7-11(9-12(10)16-20(3,18)19)15-13(17)5-4-8-14-2;/h6-7,9,14,16H,4-5,8H2,1-3H3,(H,15,17);1H. The van der Waals surface area contributed by atoms with Crippen molar-refractivity contribution in [2.24, 2.45) is 0 Å². The molecule has 0 aliphatic heterocycles. The van der Waals surface area contributed by atoms with Crippen molar-refractivity contribution in [3.05, 3.63) is 23.8 Å². The Bertz CT molecular complexity index is 576. The molecule has 0 saturated carbocycles. The van der Waals surface area contributed by atoms with Gasteiger partial charge in [0.2, 0.25) is 15.9 Å². The third kappa shape index (κ3) is 7.89. The molecule has 0 aliphatic rings. The van der Waals surface area contributed by atoms with E-state index in [2.05, 4.69) is 15.4 Å². The zero-order chi connectivity index (χ0) is 15.2. The Morgan fingerprint density at radius 1 is 1.29 bits per heavy atom. The fourth-order valence-electron chi connectivity index (χ4n) is 1.66. The number of amides is 1. The van der Waals surface area contributed by atoms with Crippen molar-refractivity contribution in [1.82, 2.24) is 5.32 Å². The Balaban J connectivity index is 0.00000400. The van der Waals surface area contributed by atoms with Crippen LogP contribution in [-0.4, -0.2) is 34.2 Å². The first-order chi connectivity index (χ1) is 9.31. The maximum absolute atomic E-state index is 11.7. The van der Waals surface area contributed by atoms with Crippen LogP contribution in [0.5, 0.6) is 0 Å². The number of carbonyl (C=O) groups excluding carboxylic acids is 1. The second-order valence-electron chi connectivity index (χ2n) is 4.66. The van der Waals surface area contributed by atoms with Crippen molar-refractivity contribution in [3.63, 3.8) is 0 Å². The highest BCUT2D eigenvalue weighted by molar-refractivity contribution is 7.92. The summed E-state index contributed by atoms with van der Waals surface area (Å²) in [5, 5.41) is 5.73. The minimum Gasteiger partial charge on any atom is -0.326 e. The molecule has 1 rings (SSSR count). The summed E-state index contributed by atoms with van der Waals surface area (Å²) in [6, 6.07) is 5.13. The quantitative estimate of drug-likeness (QED) is 0.662. The third-order valence-corrected chi connectivity index (χ3v) is 3.24. The van der Waals surface area contributed by atoms with E-state index >= 15 is 0 Å². The SMILES string of the molecule is CNCCCC(=O)Nc1ccc(C)c(NS(C)(=O)=O)c1.Cl. The molecule has 120 valence electrons. The molecule has 6 nitrogen and oxygen atoms in total. The summed E-state index contributed by atoms with van der Waals surface area (Å²) >= 11 is 0. The van der Waals surface area contributed by atoms with Crippen LogP contribution in [0.25, 0.3) is 0 Å². The molecule has 0 bridgehead atoms. The molecule has 0 spiro atoms. The van der Waals surface area contributed by atoms with Crippen LogP contribution in [0.15, 0.2) is 18.2 Å². The Morgan fingerprint density at radius 2 is 1.95 bits per heavy atom. The number of carbonyl (C=O) groups is 1. The van der Waals surface area contributed by atoms with E-state index in [0.29, 0.717) is 17.8 Å². The molecule has 0 atom stereocenters. The van der Waals surface area contributed by atoms with Gasteiger partial charge in [0, 0.05) is 12.1 Å². The minimum atomic E-state index is -3.33. The summed E-state index contributed by atoms with van der Waals surface area (Å²) in [5.41, 5.74) is 1.85. The number of sulfonamides is 1. The van der Waals surface area contributed by atoms with Gasteiger partial charge in [0.05, 0.1) is 11.9 Å². The van der Waals surface area contributed by atoms with Crippen molar-refractivity contribution in [3.8, 4) is 0 Å². The molecular weight excluding hydrogens is 314 g/mol. The summed E-state index contributed by atoms with van der Waals surface area (Å²) in [4.78, 5) is 11.7. The smallest absolute Gasteiger partial charge is 0.229 e. The number of hydrogen-bond acceptors (Lipinski definition) is 4. The van der Waals surface area contributed by atoms with Crippen LogP contribution in [-0.2, 0) is 14.8 Å². The van der Waals surface area contributed by atoms with Crippen molar-refractivity contribution < 1.29 is 13.2 Å². The molecular formula is C13H22ClN3O3S. The molecule has 0 heterocycles. The highest BCUT2D eigenvalue weighted by Gasteiger charge is 2.08. The van der Waals surface area contributed by atoms with Gasteiger partial charge < -0.3 is 10.6 Å². The maximum Gasteiger partial charge on any atom is 0.229 e. The molecule has 0 aromatic heterocycles. The lowest BCUT2D eigenvalue weighted by Gasteiger charge is -2.11. The van der Waals surface area contributed by atoms with E-state index in [0.717, 1.165) is 24.8 Å². The van der Waals surface area contributed by atoms with Gasteiger partial charge in [0.15, 0.2) is 0 Å². The van der Waals surface area contributed by atoms with E-state index in [1.807, 2.05) is 7.05 Å². The monoisotopic (exact) mass is 335 g/mol. The number of anilines is 2. The number of hydrogen-bond donors (Lipinski definition) is 3. The molecule has 0 fully saturated rings. The number of aryl methyl sites for hydroxylation is 1. The highest BCUT2D eigenvalue weighted by Crippen LogP contribution is 2.21. The molecule has 1 aromatic carbocycles. The average molecular weight is 336 g/mol. The largest absolute Gasteiger partial charge is 0.326 e. The van der Waals surface area contributed by atoms with E-state index in [9.17, 15) is 13.2 Å². The number of halogens is 1. The molecule has 0 saturated heterocycles. The van der Waals surface area contributed by atoms with Gasteiger partial charge in [0.1, 0.15) is 0 Å². The van der Waals surface area contributed by atoms with Gasteiger partial charge in [0.25, 0.3) is 0 Å². The van der Waals surface area contributed by atoms with Crippen LogP contribution < -0.4 is 15.4 Å². The lowest BCUT2D eigenvalue weighted by Crippen LogP contribution is -2.16. The molecule has 0 aliphatic carbocycles. The first-order valence-electron chi connectivity index (χ1n) is 6.34. The molecule has 8 heteroatoms. The number of rotatable bonds is 7. The maximum atomic E-state index is 11.7. The molecule has 1 amide bonds. The zero-order valence-corrected chi connectivity index (χ0v) is 14.0. The van der Waals surface area contributed by atoms with Crippen molar-refractivity contribution in [2.45, 2.75) is 19.8 Å². The van der Waals surface area contributed by atoms with E-state index in [1.54, 1.807) is 25.1 Å². The minimum absolute atomic E-state index is 0. The zero-order valence-electron chi connectivity index (χ0n) is 12.4. The van der Waals surface area contributed by atoms with Gasteiger partial charge >= 0.3 is 0 Å². The molecule has 0 unspecified atom stereocenters. The van der Waals surface area contributed by atoms with Crippen molar-refractivity contribution in [1.29, 1.82) is 0 Å². The van der Waals surface area contributed by atoms with Crippen molar-refractivity contribution in [2.75, 3.05) is 29.9 Å². The number of nitrogens with one attached hydrogen (secondary N) is 3. The van der Waals surface area contributed by atoms with Gasteiger partial charge in [-0.3, -0.25) is 9.52 Å². The highest BCUT2D eigenvalue weighted by atomic mass is 35.5. The van der Waals surface area contributed by atoms with Crippen LogP contribution in [0.4, 0.5) is 11.4 Å². The molecule has 21 heavy (non-hydrogen) atoms. The average Bonchev–Trinajstić information content (AvgIpc) is 2.32. The van der Waals surface area contributed by atoms with Gasteiger partial charge in [-0.05, 0) is 44.6 Å².